The Morgan fingerprint density at radius 3 is 2.40 bits per heavy atom. The Kier molecular flexibility index (Phi) is 5.94. The first-order chi connectivity index (χ1) is 11.6. The number of hydrogen-bond donors (Lipinski definition) is 3. The summed E-state index contributed by atoms with van der Waals surface area (Å²) < 4.78 is 61.7. The highest BCUT2D eigenvalue weighted by molar-refractivity contribution is 7.89. The summed E-state index contributed by atoms with van der Waals surface area (Å²) in [6.45, 7) is -0.206. The maximum absolute atomic E-state index is 13.0. The Labute approximate surface area is 144 Å². The fraction of sp³-hybridized carbons (Fsp3) is 0.533. The summed E-state index contributed by atoms with van der Waals surface area (Å²) in [4.78, 5) is 10.9. The second kappa shape index (κ2) is 7.61. The molecule has 1 aromatic rings. The van der Waals surface area contributed by atoms with E-state index in [1.165, 1.54) is 0 Å². The van der Waals surface area contributed by atoms with Gasteiger partial charge in [0.1, 0.15) is 0 Å². The molecule has 0 aromatic heterocycles. The van der Waals surface area contributed by atoms with Gasteiger partial charge in [0.05, 0.1) is 17.0 Å². The van der Waals surface area contributed by atoms with Crippen molar-refractivity contribution in [1.29, 1.82) is 0 Å². The fourth-order valence-corrected chi connectivity index (χ4v) is 3.56. The Bertz CT molecular complexity index is 729. The van der Waals surface area contributed by atoms with Crippen LogP contribution in [0.2, 0.25) is 0 Å². The minimum Gasteiger partial charge on any atom is -0.376 e. The first-order valence-corrected chi connectivity index (χ1v) is 9.39. The van der Waals surface area contributed by atoms with Gasteiger partial charge in [-0.3, -0.25) is 4.79 Å². The summed E-state index contributed by atoms with van der Waals surface area (Å²) in [6.07, 6.45) is 0.135. The van der Waals surface area contributed by atoms with Crippen LogP contribution in [-0.4, -0.2) is 26.9 Å². The van der Waals surface area contributed by atoms with Crippen molar-refractivity contribution in [3.63, 3.8) is 0 Å². The predicted octanol–water partition coefficient (Wildman–Crippen LogP) is 2.21. The van der Waals surface area contributed by atoms with Gasteiger partial charge < -0.3 is 10.6 Å². The molecule has 1 saturated carbocycles. The van der Waals surface area contributed by atoms with Crippen LogP contribution in [0.15, 0.2) is 23.1 Å². The van der Waals surface area contributed by atoms with Crippen molar-refractivity contribution < 1.29 is 26.4 Å². The van der Waals surface area contributed by atoms with Crippen LogP contribution in [0, 0.1) is 0 Å². The van der Waals surface area contributed by atoms with Crippen LogP contribution in [0.5, 0.6) is 0 Å². The number of rotatable bonds is 5. The summed E-state index contributed by atoms with van der Waals surface area (Å²) in [5.41, 5.74) is -1.38. The van der Waals surface area contributed by atoms with E-state index >= 15 is 0 Å². The van der Waals surface area contributed by atoms with Gasteiger partial charge in [0.15, 0.2) is 0 Å². The van der Waals surface area contributed by atoms with Gasteiger partial charge in [-0.15, -0.1) is 0 Å². The van der Waals surface area contributed by atoms with Crippen LogP contribution in [0.3, 0.4) is 0 Å². The molecule has 1 fully saturated rings. The Morgan fingerprint density at radius 2 is 1.84 bits per heavy atom. The molecule has 140 valence electrons. The van der Waals surface area contributed by atoms with Crippen molar-refractivity contribution in [3.05, 3.63) is 23.8 Å². The van der Waals surface area contributed by atoms with E-state index in [0.29, 0.717) is 6.07 Å². The van der Waals surface area contributed by atoms with E-state index in [2.05, 4.69) is 10.6 Å². The number of carbonyl (C=O) groups excluding carboxylic acids is 1. The molecular formula is C15H20F3N3O3S. The zero-order valence-corrected chi connectivity index (χ0v) is 14.2. The fourth-order valence-electron chi connectivity index (χ4n) is 2.82. The third-order valence-electron chi connectivity index (χ3n) is 4.01. The van der Waals surface area contributed by atoms with Crippen LogP contribution in [0.4, 0.5) is 18.9 Å². The van der Waals surface area contributed by atoms with E-state index in [9.17, 15) is 26.4 Å². The lowest BCUT2D eigenvalue weighted by Gasteiger charge is -2.23. The molecule has 1 aliphatic rings. The molecule has 25 heavy (non-hydrogen) atoms. The first-order valence-electron chi connectivity index (χ1n) is 7.84. The number of hydrogen-bond acceptors (Lipinski definition) is 4. The number of nitrogens with two attached hydrogens (primary N) is 1. The van der Waals surface area contributed by atoms with E-state index < -0.39 is 26.7 Å². The maximum atomic E-state index is 13.0. The van der Waals surface area contributed by atoms with Gasteiger partial charge in [0, 0.05) is 11.7 Å². The monoisotopic (exact) mass is 379 g/mol. The van der Waals surface area contributed by atoms with Crippen molar-refractivity contribution in [2.75, 3.05) is 11.9 Å². The molecule has 0 saturated heterocycles. The summed E-state index contributed by atoms with van der Waals surface area (Å²) >= 11 is 0. The molecule has 0 heterocycles. The molecule has 0 unspecified atom stereocenters. The van der Waals surface area contributed by atoms with Crippen molar-refractivity contribution in [3.8, 4) is 0 Å². The molecule has 1 amide bonds. The van der Waals surface area contributed by atoms with Gasteiger partial charge in [0.2, 0.25) is 15.9 Å². The van der Waals surface area contributed by atoms with Crippen LogP contribution in [0.25, 0.3) is 0 Å². The zero-order chi connectivity index (χ0) is 18.7. The summed E-state index contributed by atoms with van der Waals surface area (Å²) in [7, 11) is -4.51. The minimum absolute atomic E-state index is 0.0153. The average Bonchev–Trinajstić information content (AvgIpc) is 2.52. The van der Waals surface area contributed by atoms with E-state index in [1.807, 2.05) is 0 Å². The minimum atomic E-state index is -4.89. The van der Waals surface area contributed by atoms with Crippen molar-refractivity contribution in [2.24, 2.45) is 5.14 Å². The number of benzene rings is 1. The van der Waals surface area contributed by atoms with Crippen molar-refractivity contribution in [2.45, 2.75) is 49.2 Å². The number of carbonyl (C=O) groups is 1. The van der Waals surface area contributed by atoms with Gasteiger partial charge in [0.25, 0.3) is 0 Å². The standard InChI is InChI=1S/C15H20F3N3O3S/c16-15(17,18)12-8-11(6-7-13(12)25(19,23)24)20-9-14(22)21-10-4-2-1-3-5-10/h6-8,10,20H,1-5,9H2,(H,21,22)(H2,19,23,24). The largest absolute Gasteiger partial charge is 0.417 e. The molecule has 10 heteroatoms. The zero-order valence-electron chi connectivity index (χ0n) is 13.4. The summed E-state index contributed by atoms with van der Waals surface area (Å²) in [5.74, 6) is -0.323. The van der Waals surface area contributed by atoms with Gasteiger partial charge in [-0.2, -0.15) is 13.2 Å². The van der Waals surface area contributed by atoms with Crippen molar-refractivity contribution in [1.82, 2.24) is 5.32 Å². The number of anilines is 1. The average molecular weight is 379 g/mol. The normalized spacial score (nSPS) is 16.5. The van der Waals surface area contributed by atoms with Gasteiger partial charge in [-0.25, -0.2) is 13.6 Å². The third-order valence-corrected chi connectivity index (χ3v) is 4.98. The third kappa shape index (κ3) is 5.60. The van der Waals surface area contributed by atoms with Gasteiger partial charge in [-0.05, 0) is 31.0 Å². The van der Waals surface area contributed by atoms with Crippen LogP contribution in [-0.2, 0) is 21.0 Å². The van der Waals surface area contributed by atoms with Crippen LogP contribution in [0.1, 0.15) is 37.7 Å². The molecule has 0 atom stereocenters. The van der Waals surface area contributed by atoms with Crippen LogP contribution < -0.4 is 15.8 Å². The lowest BCUT2D eigenvalue weighted by Crippen LogP contribution is -2.39. The molecule has 0 bridgehead atoms. The Balaban J connectivity index is 2.06. The molecule has 4 N–H and O–H groups in total. The second-order valence-electron chi connectivity index (χ2n) is 6.01. The predicted molar refractivity (Wildman–Crippen MR) is 86.3 cm³/mol. The van der Waals surface area contributed by atoms with E-state index in [4.69, 9.17) is 5.14 Å². The second-order valence-corrected chi connectivity index (χ2v) is 7.54. The molecule has 1 aromatic carbocycles. The lowest BCUT2D eigenvalue weighted by molar-refractivity contribution is -0.139. The topological polar surface area (TPSA) is 101 Å². The number of primary sulfonamides is 1. The van der Waals surface area contributed by atoms with Crippen molar-refractivity contribution >= 4 is 21.6 Å². The highest BCUT2D eigenvalue weighted by Crippen LogP contribution is 2.35. The molecule has 0 spiro atoms. The first kappa shape index (κ1) is 19.5. The van der Waals surface area contributed by atoms with E-state index in [-0.39, 0.29) is 24.2 Å². The molecular weight excluding hydrogens is 359 g/mol. The molecule has 2 rings (SSSR count). The lowest BCUT2D eigenvalue weighted by atomic mass is 9.95. The Morgan fingerprint density at radius 1 is 1.20 bits per heavy atom. The molecule has 0 radical (unpaired) electrons. The molecule has 6 nitrogen and oxygen atoms in total. The van der Waals surface area contributed by atoms with Gasteiger partial charge >= 0.3 is 6.18 Å². The highest BCUT2D eigenvalue weighted by Gasteiger charge is 2.36. The molecule has 1 aliphatic carbocycles. The maximum Gasteiger partial charge on any atom is 0.417 e. The molecule has 0 aliphatic heterocycles. The summed E-state index contributed by atoms with van der Waals surface area (Å²) in [6, 6.07) is 2.65. The smallest absolute Gasteiger partial charge is 0.376 e. The number of nitrogens with one attached hydrogen (secondary N) is 2. The van der Waals surface area contributed by atoms with E-state index in [1.54, 1.807) is 0 Å². The van der Waals surface area contributed by atoms with Crippen LogP contribution >= 0.6 is 0 Å². The number of alkyl halides is 3. The number of amides is 1. The Hall–Kier alpha value is -1.81. The summed E-state index contributed by atoms with van der Waals surface area (Å²) in [5, 5.41) is 10.2. The quantitative estimate of drug-likeness (QED) is 0.730. The highest BCUT2D eigenvalue weighted by atomic mass is 32.2. The van der Waals surface area contributed by atoms with E-state index in [0.717, 1.165) is 44.2 Å². The number of halogens is 3. The SMILES string of the molecule is NS(=O)(=O)c1ccc(NCC(=O)NC2CCCCC2)cc1C(F)(F)F. The van der Waals surface area contributed by atoms with Gasteiger partial charge in [-0.1, -0.05) is 19.3 Å². The number of sulfonamides is 1.